The molecule has 118 valence electrons. The molecule has 0 saturated carbocycles. The van der Waals surface area contributed by atoms with E-state index in [1.165, 1.54) is 4.90 Å². The summed E-state index contributed by atoms with van der Waals surface area (Å²) in [7, 11) is 3.28. The molecule has 0 spiro atoms. The molecule has 1 aromatic heterocycles. The van der Waals surface area contributed by atoms with Gasteiger partial charge in [0.25, 0.3) is 5.91 Å². The predicted octanol–water partition coefficient (Wildman–Crippen LogP) is 0.772. The summed E-state index contributed by atoms with van der Waals surface area (Å²) in [5, 5.41) is 13.4. The number of H-pyrrole nitrogens is 1. The zero-order valence-corrected chi connectivity index (χ0v) is 12.8. The molecule has 0 radical (unpaired) electrons. The topological polar surface area (TPSA) is 93.2 Å². The number of aromatic nitrogens is 4. The number of amides is 1. The molecule has 2 rings (SSSR count). The van der Waals surface area contributed by atoms with Gasteiger partial charge in [-0.05, 0) is 24.6 Å². The lowest BCUT2D eigenvalue weighted by Crippen LogP contribution is -2.36. The lowest BCUT2D eigenvalue weighted by molar-refractivity contribution is -0.142. The second-order valence-electron chi connectivity index (χ2n) is 4.83. The van der Waals surface area contributed by atoms with Crippen molar-refractivity contribution in [2.75, 3.05) is 14.2 Å². The first-order valence-electron chi connectivity index (χ1n) is 6.82. The van der Waals surface area contributed by atoms with Crippen LogP contribution in [0.3, 0.4) is 0 Å². The monoisotopic (exact) mass is 305 g/mol. The van der Waals surface area contributed by atoms with E-state index < -0.39 is 6.10 Å². The standard InChI is InChI=1S/C14H19N5O3/c1-10(14(20)19(2)8-13-15-17-18-16-13)22-9-11-5-4-6-12(7-11)21-3/h4-7,10H,8-9H2,1-3H3,(H,15,16,17,18)/t10-/m1/s1. The van der Waals surface area contributed by atoms with Crippen LogP contribution in [0.15, 0.2) is 24.3 Å². The van der Waals surface area contributed by atoms with Gasteiger partial charge in [-0.1, -0.05) is 17.3 Å². The Kier molecular flexibility index (Phi) is 5.42. The van der Waals surface area contributed by atoms with Gasteiger partial charge in [0.2, 0.25) is 0 Å². The molecule has 0 aliphatic carbocycles. The Bertz CT molecular complexity index is 602. The van der Waals surface area contributed by atoms with Crippen molar-refractivity contribution in [2.24, 2.45) is 0 Å². The van der Waals surface area contributed by atoms with Crippen molar-refractivity contribution in [1.82, 2.24) is 25.5 Å². The number of nitrogens with zero attached hydrogens (tertiary/aromatic N) is 4. The van der Waals surface area contributed by atoms with E-state index in [1.807, 2.05) is 24.3 Å². The van der Waals surface area contributed by atoms with Gasteiger partial charge in [-0.25, -0.2) is 0 Å². The van der Waals surface area contributed by atoms with E-state index in [2.05, 4.69) is 20.6 Å². The highest BCUT2D eigenvalue weighted by atomic mass is 16.5. The number of aromatic amines is 1. The van der Waals surface area contributed by atoms with Crippen LogP contribution in [-0.2, 0) is 22.7 Å². The molecular weight excluding hydrogens is 286 g/mol. The van der Waals surface area contributed by atoms with Crippen molar-refractivity contribution in [3.05, 3.63) is 35.7 Å². The van der Waals surface area contributed by atoms with Crippen molar-refractivity contribution in [3.8, 4) is 5.75 Å². The van der Waals surface area contributed by atoms with Crippen molar-refractivity contribution < 1.29 is 14.3 Å². The lowest BCUT2D eigenvalue weighted by Gasteiger charge is -2.20. The van der Waals surface area contributed by atoms with E-state index in [-0.39, 0.29) is 12.5 Å². The van der Waals surface area contributed by atoms with Gasteiger partial charge in [-0.2, -0.15) is 5.21 Å². The number of tetrazole rings is 1. The minimum absolute atomic E-state index is 0.146. The molecule has 1 aromatic carbocycles. The summed E-state index contributed by atoms with van der Waals surface area (Å²) in [6.07, 6.45) is -0.567. The number of carbonyl (C=O) groups is 1. The summed E-state index contributed by atoms with van der Waals surface area (Å²) >= 11 is 0. The zero-order valence-electron chi connectivity index (χ0n) is 12.8. The average Bonchev–Trinajstić information content (AvgIpc) is 3.04. The Morgan fingerprint density at radius 1 is 1.45 bits per heavy atom. The number of benzene rings is 1. The molecule has 0 fully saturated rings. The minimum Gasteiger partial charge on any atom is -0.497 e. The zero-order chi connectivity index (χ0) is 15.9. The maximum absolute atomic E-state index is 12.2. The van der Waals surface area contributed by atoms with Crippen LogP contribution in [0, 0.1) is 0 Å². The predicted molar refractivity (Wildman–Crippen MR) is 77.9 cm³/mol. The lowest BCUT2D eigenvalue weighted by atomic mass is 10.2. The summed E-state index contributed by atoms with van der Waals surface area (Å²) in [5.41, 5.74) is 0.944. The molecule has 8 nitrogen and oxygen atoms in total. The molecule has 0 aliphatic rings. The maximum Gasteiger partial charge on any atom is 0.251 e. The highest BCUT2D eigenvalue weighted by Crippen LogP contribution is 2.14. The number of methoxy groups -OCH3 is 1. The minimum atomic E-state index is -0.567. The van der Waals surface area contributed by atoms with Crippen LogP contribution in [0.5, 0.6) is 5.75 Å². The SMILES string of the molecule is COc1cccc(CO[C@H](C)C(=O)N(C)Cc2nn[nH]n2)c1. The van der Waals surface area contributed by atoms with Crippen LogP contribution in [0.4, 0.5) is 0 Å². The largest absolute Gasteiger partial charge is 0.497 e. The second kappa shape index (κ2) is 7.51. The third kappa shape index (κ3) is 4.26. The molecule has 0 saturated heterocycles. The Morgan fingerprint density at radius 3 is 2.95 bits per heavy atom. The number of ether oxygens (including phenoxy) is 2. The van der Waals surface area contributed by atoms with Crippen LogP contribution >= 0.6 is 0 Å². The fourth-order valence-electron chi connectivity index (χ4n) is 1.90. The maximum atomic E-state index is 12.2. The first-order chi connectivity index (χ1) is 10.6. The van der Waals surface area contributed by atoms with E-state index in [0.717, 1.165) is 11.3 Å². The molecular formula is C14H19N5O3. The number of rotatable bonds is 7. The second-order valence-corrected chi connectivity index (χ2v) is 4.83. The first-order valence-corrected chi connectivity index (χ1v) is 6.82. The van der Waals surface area contributed by atoms with Gasteiger partial charge in [-0.15, -0.1) is 10.2 Å². The van der Waals surface area contributed by atoms with Gasteiger partial charge in [0, 0.05) is 7.05 Å². The van der Waals surface area contributed by atoms with Gasteiger partial charge in [0.1, 0.15) is 11.9 Å². The van der Waals surface area contributed by atoms with E-state index in [0.29, 0.717) is 12.4 Å². The number of hydrogen-bond donors (Lipinski definition) is 1. The van der Waals surface area contributed by atoms with E-state index >= 15 is 0 Å². The quantitative estimate of drug-likeness (QED) is 0.812. The van der Waals surface area contributed by atoms with Crippen molar-refractivity contribution in [1.29, 1.82) is 0 Å². The summed E-state index contributed by atoms with van der Waals surface area (Å²) in [5.74, 6) is 1.07. The Labute approximate surface area is 128 Å². The van der Waals surface area contributed by atoms with Crippen molar-refractivity contribution in [3.63, 3.8) is 0 Å². The number of carbonyl (C=O) groups excluding carboxylic acids is 1. The van der Waals surface area contributed by atoms with Crippen molar-refractivity contribution >= 4 is 5.91 Å². The summed E-state index contributed by atoms with van der Waals surface area (Å²) in [6.45, 7) is 2.33. The highest BCUT2D eigenvalue weighted by Gasteiger charge is 2.19. The first kappa shape index (κ1) is 15.9. The number of likely N-dealkylation sites (N-methyl/N-ethyl adjacent to an activating group) is 1. The average molecular weight is 305 g/mol. The third-order valence-corrected chi connectivity index (χ3v) is 3.13. The molecule has 22 heavy (non-hydrogen) atoms. The van der Waals surface area contributed by atoms with Crippen LogP contribution in [0.25, 0.3) is 0 Å². The van der Waals surface area contributed by atoms with E-state index in [9.17, 15) is 4.79 Å². The number of hydrogen-bond acceptors (Lipinski definition) is 6. The van der Waals surface area contributed by atoms with Gasteiger partial charge in [-0.3, -0.25) is 4.79 Å². The summed E-state index contributed by atoms with van der Waals surface area (Å²) in [6, 6.07) is 7.53. The summed E-state index contributed by atoms with van der Waals surface area (Å²) < 4.78 is 10.8. The Hall–Kier alpha value is -2.48. The number of nitrogens with one attached hydrogen (secondary N) is 1. The molecule has 0 aliphatic heterocycles. The van der Waals surface area contributed by atoms with E-state index in [1.54, 1.807) is 21.1 Å². The highest BCUT2D eigenvalue weighted by molar-refractivity contribution is 5.80. The normalized spacial score (nSPS) is 12.0. The summed E-state index contributed by atoms with van der Waals surface area (Å²) in [4.78, 5) is 13.7. The van der Waals surface area contributed by atoms with Gasteiger partial charge >= 0.3 is 0 Å². The molecule has 1 amide bonds. The van der Waals surface area contributed by atoms with Crippen LogP contribution in [0.1, 0.15) is 18.3 Å². The smallest absolute Gasteiger partial charge is 0.251 e. The Morgan fingerprint density at radius 2 is 2.27 bits per heavy atom. The molecule has 1 heterocycles. The molecule has 0 bridgehead atoms. The van der Waals surface area contributed by atoms with E-state index in [4.69, 9.17) is 9.47 Å². The molecule has 1 N–H and O–H groups in total. The third-order valence-electron chi connectivity index (χ3n) is 3.13. The molecule has 2 aromatic rings. The fraction of sp³-hybridized carbons (Fsp3) is 0.429. The van der Waals surface area contributed by atoms with Crippen LogP contribution in [0.2, 0.25) is 0 Å². The fourth-order valence-corrected chi connectivity index (χ4v) is 1.90. The molecule has 8 heteroatoms. The van der Waals surface area contributed by atoms with Gasteiger partial charge < -0.3 is 14.4 Å². The van der Waals surface area contributed by atoms with Crippen LogP contribution in [-0.4, -0.2) is 51.7 Å². The Balaban J connectivity index is 1.85. The van der Waals surface area contributed by atoms with Crippen molar-refractivity contribution in [2.45, 2.75) is 26.2 Å². The molecule has 0 unspecified atom stereocenters. The van der Waals surface area contributed by atoms with Crippen LogP contribution < -0.4 is 4.74 Å². The molecule has 1 atom stereocenters. The van der Waals surface area contributed by atoms with Gasteiger partial charge in [0.15, 0.2) is 5.82 Å². The van der Waals surface area contributed by atoms with Gasteiger partial charge in [0.05, 0.1) is 20.3 Å².